The summed E-state index contributed by atoms with van der Waals surface area (Å²) in [5, 5.41) is 12.6. The van der Waals surface area contributed by atoms with Crippen LogP contribution in [-0.2, 0) is 4.79 Å². The van der Waals surface area contributed by atoms with Gasteiger partial charge in [0.05, 0.1) is 0 Å². The minimum Gasteiger partial charge on any atom is -0.480 e. The van der Waals surface area contributed by atoms with Crippen molar-refractivity contribution in [2.75, 3.05) is 5.32 Å². The van der Waals surface area contributed by atoms with Gasteiger partial charge < -0.3 is 10.4 Å². The normalized spacial score (nSPS) is 12.2. The maximum Gasteiger partial charge on any atom is 0.326 e. The van der Waals surface area contributed by atoms with Gasteiger partial charge in [-0.2, -0.15) is 0 Å². The standard InChI is InChI=1S/C11H13BrClNO2/c1-2-3-10(11(15)16)14-9-5-4-7(13)6-8(9)12/h4-6,10,14H,2-3H2,1H3,(H,15,16). The highest BCUT2D eigenvalue weighted by Crippen LogP contribution is 2.26. The Kier molecular flexibility index (Phi) is 5.09. The van der Waals surface area contributed by atoms with Gasteiger partial charge >= 0.3 is 5.97 Å². The number of halogens is 2. The average Bonchev–Trinajstić information content (AvgIpc) is 2.20. The van der Waals surface area contributed by atoms with Crippen LogP contribution in [0.3, 0.4) is 0 Å². The number of hydrogen-bond acceptors (Lipinski definition) is 2. The van der Waals surface area contributed by atoms with E-state index in [0.29, 0.717) is 11.4 Å². The van der Waals surface area contributed by atoms with Gasteiger partial charge in [-0.25, -0.2) is 4.79 Å². The topological polar surface area (TPSA) is 49.3 Å². The second-order valence-electron chi connectivity index (χ2n) is 3.45. The lowest BCUT2D eigenvalue weighted by Crippen LogP contribution is -2.29. The molecule has 0 spiro atoms. The molecule has 1 unspecified atom stereocenters. The molecule has 88 valence electrons. The zero-order valence-corrected chi connectivity index (χ0v) is 11.2. The van der Waals surface area contributed by atoms with E-state index >= 15 is 0 Å². The molecule has 1 rings (SSSR count). The lowest BCUT2D eigenvalue weighted by atomic mass is 10.1. The van der Waals surface area contributed by atoms with Gasteiger partial charge in [0.25, 0.3) is 0 Å². The van der Waals surface area contributed by atoms with Gasteiger partial charge in [0, 0.05) is 15.2 Å². The number of carboxylic acid groups (broad SMARTS) is 1. The van der Waals surface area contributed by atoms with E-state index in [1.165, 1.54) is 0 Å². The van der Waals surface area contributed by atoms with Gasteiger partial charge in [0.2, 0.25) is 0 Å². The monoisotopic (exact) mass is 305 g/mol. The summed E-state index contributed by atoms with van der Waals surface area (Å²) in [6.07, 6.45) is 1.40. The maximum atomic E-state index is 11.0. The van der Waals surface area contributed by atoms with Crippen LogP contribution in [-0.4, -0.2) is 17.1 Å². The molecule has 3 nitrogen and oxygen atoms in total. The number of benzene rings is 1. The predicted octanol–water partition coefficient (Wildman–Crippen LogP) is 3.77. The van der Waals surface area contributed by atoms with Crippen molar-refractivity contribution in [2.45, 2.75) is 25.8 Å². The number of hydrogen-bond donors (Lipinski definition) is 2. The minimum atomic E-state index is -0.844. The van der Waals surface area contributed by atoms with Crippen LogP contribution in [0.25, 0.3) is 0 Å². The molecule has 0 amide bonds. The van der Waals surface area contributed by atoms with Crippen LogP contribution in [0.5, 0.6) is 0 Å². The Hall–Kier alpha value is -0.740. The van der Waals surface area contributed by atoms with Crippen molar-refractivity contribution >= 4 is 39.2 Å². The third-order valence-corrected chi connectivity index (χ3v) is 3.03. The van der Waals surface area contributed by atoms with Crippen molar-refractivity contribution in [1.29, 1.82) is 0 Å². The Labute approximate surface area is 108 Å². The first-order valence-corrected chi connectivity index (χ1v) is 6.16. The van der Waals surface area contributed by atoms with E-state index in [4.69, 9.17) is 16.7 Å². The summed E-state index contributed by atoms with van der Waals surface area (Å²) in [4.78, 5) is 11.0. The molecular weight excluding hydrogens is 293 g/mol. The molecule has 0 saturated heterocycles. The third kappa shape index (κ3) is 3.68. The highest BCUT2D eigenvalue weighted by molar-refractivity contribution is 9.10. The van der Waals surface area contributed by atoms with E-state index in [2.05, 4.69) is 21.2 Å². The van der Waals surface area contributed by atoms with Crippen molar-refractivity contribution in [3.05, 3.63) is 27.7 Å². The summed E-state index contributed by atoms with van der Waals surface area (Å²) in [5.74, 6) is -0.844. The number of anilines is 1. The van der Waals surface area contributed by atoms with Crippen molar-refractivity contribution in [2.24, 2.45) is 0 Å². The van der Waals surface area contributed by atoms with E-state index in [0.717, 1.165) is 16.6 Å². The van der Waals surface area contributed by atoms with Gasteiger partial charge in [-0.3, -0.25) is 0 Å². The molecule has 0 aliphatic carbocycles. The fourth-order valence-corrected chi connectivity index (χ4v) is 2.14. The van der Waals surface area contributed by atoms with E-state index in [9.17, 15) is 4.79 Å². The first kappa shape index (κ1) is 13.3. The molecule has 2 N–H and O–H groups in total. The maximum absolute atomic E-state index is 11.0. The Morgan fingerprint density at radius 1 is 1.62 bits per heavy atom. The second kappa shape index (κ2) is 6.11. The second-order valence-corrected chi connectivity index (χ2v) is 4.74. The average molecular weight is 307 g/mol. The predicted molar refractivity (Wildman–Crippen MR) is 69.1 cm³/mol. The number of aliphatic carboxylic acids is 1. The molecule has 0 fully saturated rings. The molecule has 1 aromatic carbocycles. The zero-order valence-electron chi connectivity index (χ0n) is 8.84. The Morgan fingerprint density at radius 3 is 2.81 bits per heavy atom. The smallest absolute Gasteiger partial charge is 0.326 e. The summed E-state index contributed by atoms with van der Waals surface area (Å²) in [6.45, 7) is 1.95. The number of nitrogens with one attached hydrogen (secondary N) is 1. The van der Waals surface area contributed by atoms with Crippen LogP contribution < -0.4 is 5.32 Å². The van der Waals surface area contributed by atoms with E-state index in [1.807, 2.05) is 6.92 Å². The molecule has 0 bridgehead atoms. The molecule has 5 heteroatoms. The van der Waals surface area contributed by atoms with Crippen LogP contribution in [0, 0.1) is 0 Å². The van der Waals surface area contributed by atoms with E-state index in [1.54, 1.807) is 18.2 Å². The van der Waals surface area contributed by atoms with E-state index in [-0.39, 0.29) is 0 Å². The van der Waals surface area contributed by atoms with Gasteiger partial charge in [0.1, 0.15) is 6.04 Å². The quantitative estimate of drug-likeness (QED) is 0.870. The van der Waals surface area contributed by atoms with Crippen molar-refractivity contribution < 1.29 is 9.90 Å². The van der Waals surface area contributed by atoms with Gasteiger partial charge in [-0.1, -0.05) is 24.9 Å². The highest BCUT2D eigenvalue weighted by atomic mass is 79.9. The molecule has 1 aromatic rings. The highest BCUT2D eigenvalue weighted by Gasteiger charge is 2.16. The van der Waals surface area contributed by atoms with Gasteiger partial charge in [-0.15, -0.1) is 0 Å². The zero-order chi connectivity index (χ0) is 12.1. The molecule has 0 saturated carbocycles. The molecule has 0 aliphatic rings. The summed E-state index contributed by atoms with van der Waals surface area (Å²) in [5.41, 5.74) is 0.741. The Morgan fingerprint density at radius 2 is 2.31 bits per heavy atom. The number of rotatable bonds is 5. The van der Waals surface area contributed by atoms with Crippen LogP contribution in [0.2, 0.25) is 5.02 Å². The summed E-state index contributed by atoms with van der Waals surface area (Å²) < 4.78 is 0.766. The fourth-order valence-electron chi connectivity index (χ4n) is 1.34. The molecule has 1 atom stereocenters. The number of carbonyl (C=O) groups is 1. The largest absolute Gasteiger partial charge is 0.480 e. The molecule has 0 aromatic heterocycles. The first-order chi connectivity index (χ1) is 7.54. The van der Waals surface area contributed by atoms with Gasteiger partial charge in [0.15, 0.2) is 0 Å². The summed E-state index contributed by atoms with van der Waals surface area (Å²) in [6, 6.07) is 4.65. The molecular formula is C11H13BrClNO2. The van der Waals surface area contributed by atoms with Crippen LogP contribution in [0.1, 0.15) is 19.8 Å². The van der Waals surface area contributed by atoms with Crippen molar-refractivity contribution in [1.82, 2.24) is 0 Å². The van der Waals surface area contributed by atoms with Crippen molar-refractivity contribution in [3.8, 4) is 0 Å². The van der Waals surface area contributed by atoms with Crippen LogP contribution in [0.15, 0.2) is 22.7 Å². The Bertz CT molecular complexity index is 384. The minimum absolute atomic E-state index is 0.567. The van der Waals surface area contributed by atoms with Crippen LogP contribution in [0.4, 0.5) is 5.69 Å². The molecule has 0 radical (unpaired) electrons. The Balaban J connectivity index is 2.81. The lowest BCUT2D eigenvalue weighted by Gasteiger charge is -2.16. The number of carboxylic acids is 1. The fraction of sp³-hybridized carbons (Fsp3) is 0.364. The van der Waals surface area contributed by atoms with Gasteiger partial charge in [-0.05, 0) is 40.5 Å². The summed E-state index contributed by atoms with van der Waals surface area (Å²) >= 11 is 9.14. The third-order valence-electron chi connectivity index (χ3n) is 2.14. The van der Waals surface area contributed by atoms with Crippen LogP contribution >= 0.6 is 27.5 Å². The summed E-state index contributed by atoms with van der Waals surface area (Å²) in [7, 11) is 0. The molecule has 0 aliphatic heterocycles. The SMILES string of the molecule is CCCC(Nc1ccc(Cl)cc1Br)C(=O)O. The first-order valence-electron chi connectivity index (χ1n) is 4.99. The van der Waals surface area contributed by atoms with Crippen molar-refractivity contribution in [3.63, 3.8) is 0 Å². The molecule has 16 heavy (non-hydrogen) atoms. The molecule has 0 heterocycles. The van der Waals surface area contributed by atoms with E-state index < -0.39 is 12.0 Å². The lowest BCUT2D eigenvalue weighted by molar-refractivity contribution is -0.138.